The summed E-state index contributed by atoms with van der Waals surface area (Å²) in [5, 5.41) is 5.37. The third-order valence-corrected chi connectivity index (χ3v) is 6.90. The van der Waals surface area contributed by atoms with E-state index in [9.17, 15) is 13.2 Å². The Morgan fingerprint density at radius 1 is 1.17 bits per heavy atom. The number of aryl methyl sites for hydroxylation is 1. The Hall–Kier alpha value is -2.65. The highest BCUT2D eigenvalue weighted by atomic mass is 35.5. The van der Waals surface area contributed by atoms with Gasteiger partial charge in [-0.2, -0.15) is 5.10 Å². The van der Waals surface area contributed by atoms with Crippen molar-refractivity contribution in [2.24, 2.45) is 0 Å². The van der Waals surface area contributed by atoms with E-state index in [1.807, 2.05) is 19.1 Å². The van der Waals surface area contributed by atoms with Crippen LogP contribution < -0.4 is 4.90 Å². The van der Waals surface area contributed by atoms with E-state index in [4.69, 9.17) is 11.6 Å². The van der Waals surface area contributed by atoms with Crippen LogP contribution in [-0.4, -0.2) is 66.4 Å². The molecule has 1 fully saturated rings. The van der Waals surface area contributed by atoms with Gasteiger partial charge in [-0.05, 0) is 36.8 Å². The van der Waals surface area contributed by atoms with Crippen molar-refractivity contribution < 1.29 is 13.2 Å². The van der Waals surface area contributed by atoms with Crippen molar-refractivity contribution in [3.8, 4) is 0 Å². The molecule has 0 unspecified atom stereocenters. The molecule has 1 amide bonds. The zero-order valence-corrected chi connectivity index (χ0v) is 18.3. The summed E-state index contributed by atoms with van der Waals surface area (Å²) in [6.07, 6.45) is 4.02. The number of sulfone groups is 1. The molecule has 0 N–H and O–H groups in total. The topological polar surface area (TPSA) is 88.4 Å². The van der Waals surface area contributed by atoms with Crippen LogP contribution in [0.25, 0.3) is 11.0 Å². The number of hydrogen-bond acceptors (Lipinski definition) is 6. The van der Waals surface area contributed by atoms with E-state index < -0.39 is 9.84 Å². The Morgan fingerprint density at radius 2 is 1.90 bits per heavy atom. The summed E-state index contributed by atoms with van der Waals surface area (Å²) in [6.45, 7) is 4.64. The van der Waals surface area contributed by atoms with E-state index in [-0.39, 0.29) is 17.3 Å². The minimum Gasteiger partial charge on any atom is -0.368 e. The van der Waals surface area contributed by atoms with Gasteiger partial charge in [0.2, 0.25) is 5.91 Å². The lowest BCUT2D eigenvalue weighted by atomic mass is 10.2. The number of aromatic nitrogens is 3. The average Bonchev–Trinajstić information content (AvgIpc) is 3.12. The van der Waals surface area contributed by atoms with Crippen molar-refractivity contribution in [1.82, 2.24) is 19.7 Å². The van der Waals surface area contributed by atoms with E-state index in [1.165, 1.54) is 23.1 Å². The minimum absolute atomic E-state index is 0.0176. The molecule has 1 aromatic carbocycles. The first kappa shape index (κ1) is 20.6. The van der Waals surface area contributed by atoms with Crippen LogP contribution in [0.5, 0.6) is 0 Å². The van der Waals surface area contributed by atoms with Gasteiger partial charge in [-0.15, -0.1) is 0 Å². The van der Waals surface area contributed by atoms with E-state index in [1.54, 1.807) is 4.90 Å². The third kappa shape index (κ3) is 3.99. The highest BCUT2D eigenvalue weighted by Gasteiger charge is 2.23. The zero-order valence-electron chi connectivity index (χ0n) is 16.7. The maximum Gasteiger partial charge on any atom is 0.244 e. The standard InChI is InChI=1S/C20H22ClN5O3S/c1-14-11-15(3-4-17(14)21)24-7-9-25(10-8-24)19(27)13-26-20-16(12-23-26)18(5-6-22-20)30(2,28)29/h3-6,11-12H,7-10,13H2,1-2H3. The Balaban J connectivity index is 1.45. The molecule has 30 heavy (non-hydrogen) atoms. The zero-order chi connectivity index (χ0) is 21.5. The minimum atomic E-state index is -3.41. The first-order chi connectivity index (χ1) is 14.2. The summed E-state index contributed by atoms with van der Waals surface area (Å²) in [6, 6.07) is 7.39. The molecule has 10 heteroatoms. The van der Waals surface area contributed by atoms with E-state index in [2.05, 4.69) is 21.0 Å². The predicted molar refractivity (Wildman–Crippen MR) is 116 cm³/mol. The van der Waals surface area contributed by atoms with Gasteiger partial charge >= 0.3 is 0 Å². The number of rotatable bonds is 4. The second-order valence-electron chi connectivity index (χ2n) is 7.42. The van der Waals surface area contributed by atoms with E-state index >= 15 is 0 Å². The molecule has 1 aliphatic rings. The molecule has 0 radical (unpaired) electrons. The molecule has 0 spiro atoms. The first-order valence-corrected chi connectivity index (χ1v) is 11.8. The number of carbonyl (C=O) groups is 1. The molecule has 0 saturated carbocycles. The van der Waals surface area contributed by atoms with Gasteiger partial charge in [0.1, 0.15) is 6.54 Å². The van der Waals surface area contributed by atoms with Crippen molar-refractivity contribution in [2.75, 3.05) is 37.3 Å². The summed E-state index contributed by atoms with van der Waals surface area (Å²) < 4.78 is 25.4. The Morgan fingerprint density at radius 3 is 2.57 bits per heavy atom. The van der Waals surface area contributed by atoms with Crippen LogP contribution >= 0.6 is 11.6 Å². The Labute approximate surface area is 180 Å². The first-order valence-electron chi connectivity index (χ1n) is 9.53. The average molecular weight is 448 g/mol. The SMILES string of the molecule is Cc1cc(N2CCN(C(=O)Cn3ncc4c(S(C)(=O)=O)ccnc43)CC2)ccc1Cl. The molecular formula is C20H22ClN5O3S. The lowest BCUT2D eigenvalue weighted by molar-refractivity contribution is -0.132. The molecule has 4 rings (SSSR count). The molecule has 0 aliphatic carbocycles. The largest absolute Gasteiger partial charge is 0.368 e. The summed E-state index contributed by atoms with van der Waals surface area (Å²) in [4.78, 5) is 21.2. The van der Waals surface area contributed by atoms with Crippen molar-refractivity contribution >= 4 is 44.1 Å². The monoisotopic (exact) mass is 447 g/mol. The summed E-state index contributed by atoms with van der Waals surface area (Å²) >= 11 is 6.11. The van der Waals surface area contributed by atoms with Crippen LogP contribution in [0.3, 0.4) is 0 Å². The number of nitrogens with zero attached hydrogens (tertiary/aromatic N) is 5. The second kappa shape index (κ2) is 7.88. The number of piperazine rings is 1. The van der Waals surface area contributed by atoms with Gasteiger partial charge in [0.05, 0.1) is 16.5 Å². The third-order valence-electron chi connectivity index (χ3n) is 5.32. The van der Waals surface area contributed by atoms with Gasteiger partial charge in [0.15, 0.2) is 15.5 Å². The highest BCUT2D eigenvalue weighted by Crippen LogP contribution is 2.24. The van der Waals surface area contributed by atoms with Crippen LogP contribution in [0.15, 0.2) is 41.6 Å². The van der Waals surface area contributed by atoms with Gasteiger partial charge in [-0.3, -0.25) is 4.79 Å². The number of fused-ring (bicyclic) bond motifs is 1. The molecule has 1 saturated heterocycles. The summed E-state index contributed by atoms with van der Waals surface area (Å²) in [7, 11) is -3.41. The van der Waals surface area contributed by atoms with Gasteiger partial charge in [0, 0.05) is 49.3 Å². The maximum absolute atomic E-state index is 12.8. The normalized spacial score (nSPS) is 15.0. The number of anilines is 1. The maximum atomic E-state index is 12.8. The quantitative estimate of drug-likeness (QED) is 0.608. The molecule has 158 valence electrons. The van der Waals surface area contributed by atoms with Crippen LogP contribution in [-0.2, 0) is 21.2 Å². The summed E-state index contributed by atoms with van der Waals surface area (Å²) in [5.74, 6) is -0.0708. The fourth-order valence-electron chi connectivity index (χ4n) is 3.66. The second-order valence-corrected chi connectivity index (χ2v) is 9.81. The van der Waals surface area contributed by atoms with Crippen LogP contribution in [0.4, 0.5) is 5.69 Å². The molecule has 3 aromatic rings. The lowest BCUT2D eigenvalue weighted by Gasteiger charge is -2.36. The molecule has 1 aliphatic heterocycles. The number of amides is 1. The lowest BCUT2D eigenvalue weighted by Crippen LogP contribution is -2.49. The fraction of sp³-hybridized carbons (Fsp3) is 0.350. The van der Waals surface area contributed by atoms with Gasteiger partial charge in [-0.1, -0.05) is 11.6 Å². The number of hydrogen-bond donors (Lipinski definition) is 0. The molecule has 3 heterocycles. The van der Waals surface area contributed by atoms with E-state index in [0.29, 0.717) is 24.1 Å². The van der Waals surface area contributed by atoms with Gasteiger partial charge < -0.3 is 9.80 Å². The van der Waals surface area contributed by atoms with Crippen molar-refractivity contribution in [1.29, 1.82) is 0 Å². The molecule has 0 atom stereocenters. The van der Waals surface area contributed by atoms with Crippen molar-refractivity contribution in [3.05, 3.63) is 47.2 Å². The fourth-order valence-corrected chi connectivity index (χ4v) is 4.63. The number of carbonyl (C=O) groups excluding carboxylic acids is 1. The summed E-state index contributed by atoms with van der Waals surface area (Å²) in [5.41, 5.74) is 2.51. The van der Waals surface area contributed by atoms with Crippen molar-refractivity contribution in [2.45, 2.75) is 18.4 Å². The highest BCUT2D eigenvalue weighted by molar-refractivity contribution is 7.91. The Bertz CT molecular complexity index is 1220. The van der Waals surface area contributed by atoms with Crippen molar-refractivity contribution in [3.63, 3.8) is 0 Å². The Kier molecular flexibility index (Phi) is 5.42. The van der Waals surface area contributed by atoms with Gasteiger partial charge in [0.25, 0.3) is 0 Å². The van der Waals surface area contributed by atoms with Crippen LogP contribution in [0.2, 0.25) is 5.02 Å². The molecular weight excluding hydrogens is 426 g/mol. The molecule has 2 aromatic heterocycles. The number of pyridine rings is 1. The molecule has 0 bridgehead atoms. The molecule has 8 nitrogen and oxygen atoms in total. The van der Waals surface area contributed by atoms with Gasteiger partial charge in [-0.25, -0.2) is 18.1 Å². The predicted octanol–water partition coefficient (Wildman–Crippen LogP) is 2.15. The van der Waals surface area contributed by atoms with Crippen LogP contribution in [0, 0.1) is 6.92 Å². The van der Waals surface area contributed by atoms with Crippen LogP contribution in [0.1, 0.15) is 5.56 Å². The number of halogens is 1. The van der Waals surface area contributed by atoms with E-state index in [0.717, 1.165) is 35.6 Å². The smallest absolute Gasteiger partial charge is 0.244 e. The number of benzene rings is 1.